The molecule has 0 aliphatic carbocycles. The molecule has 2 amide bonds. The number of nitrogens with one attached hydrogen (secondary N) is 2. The third kappa shape index (κ3) is 5.09. The minimum Gasteiger partial charge on any atom is -0.410 e. The predicted molar refractivity (Wildman–Crippen MR) is 116 cm³/mol. The van der Waals surface area contributed by atoms with Crippen LogP contribution < -0.4 is 15.5 Å². The minimum absolute atomic E-state index is 0.218. The van der Waals surface area contributed by atoms with Crippen LogP contribution in [0.5, 0.6) is 0 Å². The van der Waals surface area contributed by atoms with Crippen molar-refractivity contribution >= 4 is 34.8 Å². The Labute approximate surface area is 186 Å². The lowest BCUT2D eigenvalue weighted by molar-refractivity contribution is -0.137. The molecule has 4 aromatic rings. The Bertz CT molecular complexity index is 1230. The summed E-state index contributed by atoms with van der Waals surface area (Å²) in [6, 6.07) is 12.5. The van der Waals surface area contributed by atoms with Crippen molar-refractivity contribution < 1.29 is 22.4 Å². The topological polar surface area (TPSA) is 96.2 Å². The lowest BCUT2D eigenvalue weighted by Crippen LogP contribution is -2.20. The van der Waals surface area contributed by atoms with Gasteiger partial charge in [-0.05, 0) is 61.0 Å². The largest absolute Gasteiger partial charge is 0.416 e. The number of hydrogen-bond donors (Lipinski definition) is 2. The zero-order valence-electron chi connectivity index (χ0n) is 17.2. The van der Waals surface area contributed by atoms with Crippen LogP contribution in [0.15, 0.2) is 77.8 Å². The maximum atomic E-state index is 12.7. The normalized spacial score (nSPS) is 11.2. The number of hydrogen-bond acceptors (Lipinski definition) is 6. The van der Waals surface area contributed by atoms with E-state index in [9.17, 15) is 18.0 Å². The van der Waals surface area contributed by atoms with Crippen molar-refractivity contribution in [1.29, 1.82) is 0 Å². The molecule has 0 spiro atoms. The van der Waals surface area contributed by atoms with Gasteiger partial charge in [0.1, 0.15) is 0 Å². The Balaban J connectivity index is 1.56. The maximum Gasteiger partial charge on any atom is 0.416 e. The van der Waals surface area contributed by atoms with Gasteiger partial charge in [-0.15, -0.1) is 5.10 Å². The van der Waals surface area contributed by atoms with Crippen LogP contribution in [0.2, 0.25) is 0 Å². The molecule has 2 heterocycles. The summed E-state index contributed by atoms with van der Waals surface area (Å²) >= 11 is 0. The van der Waals surface area contributed by atoms with Crippen LogP contribution in [-0.4, -0.2) is 21.2 Å². The molecule has 0 radical (unpaired) electrons. The molecule has 168 valence electrons. The molecule has 4 rings (SSSR count). The fourth-order valence-electron chi connectivity index (χ4n) is 3.07. The second-order valence-electron chi connectivity index (χ2n) is 6.92. The number of carbonyl (C=O) groups excluding carboxylic acids is 1. The zero-order valence-corrected chi connectivity index (χ0v) is 17.2. The first-order chi connectivity index (χ1) is 15.8. The van der Waals surface area contributed by atoms with Gasteiger partial charge < -0.3 is 15.1 Å². The van der Waals surface area contributed by atoms with Gasteiger partial charge in [-0.3, -0.25) is 9.88 Å². The summed E-state index contributed by atoms with van der Waals surface area (Å²) in [5.41, 5.74) is 2.10. The molecule has 0 aliphatic rings. The van der Waals surface area contributed by atoms with E-state index in [4.69, 9.17) is 4.42 Å². The zero-order chi connectivity index (χ0) is 23.4. The van der Waals surface area contributed by atoms with Crippen molar-refractivity contribution in [2.45, 2.75) is 13.1 Å². The Hall–Kier alpha value is -4.41. The predicted octanol–water partition coefficient (Wildman–Crippen LogP) is 5.91. The average Bonchev–Trinajstić information content (AvgIpc) is 3.31. The van der Waals surface area contributed by atoms with Crippen molar-refractivity contribution in [2.75, 3.05) is 15.5 Å². The van der Waals surface area contributed by atoms with E-state index >= 15 is 0 Å². The summed E-state index contributed by atoms with van der Waals surface area (Å²) in [7, 11) is 0. The van der Waals surface area contributed by atoms with Crippen LogP contribution in [0, 0.1) is 6.92 Å². The molecule has 0 fully saturated rings. The minimum atomic E-state index is -4.45. The third-order valence-corrected chi connectivity index (χ3v) is 4.64. The Kier molecular flexibility index (Phi) is 5.94. The van der Waals surface area contributed by atoms with Gasteiger partial charge in [0.2, 0.25) is 6.39 Å². The highest BCUT2D eigenvalue weighted by Gasteiger charge is 2.30. The molecule has 2 aromatic carbocycles. The molecule has 0 saturated carbocycles. The van der Waals surface area contributed by atoms with Crippen LogP contribution in [0.3, 0.4) is 0 Å². The van der Waals surface area contributed by atoms with Gasteiger partial charge in [-0.1, -0.05) is 11.2 Å². The van der Waals surface area contributed by atoms with Gasteiger partial charge in [0, 0.05) is 23.8 Å². The standard InChI is InChI=1S/C22H17F3N6O2/c1-14-2-5-17(29-20(32)28-16-6-3-15(4-7-16)22(23,24)25)12-19(14)31(21-30-27-13-33-21)18-8-10-26-11-9-18/h2-13H,1H3,(H2,28,29,32). The number of aromatic nitrogens is 3. The van der Waals surface area contributed by atoms with Gasteiger partial charge in [-0.2, -0.15) is 13.2 Å². The summed E-state index contributed by atoms with van der Waals surface area (Å²) in [6.45, 7) is 1.88. The van der Waals surface area contributed by atoms with Crippen LogP contribution >= 0.6 is 0 Å². The molecular formula is C22H17F3N6O2. The summed E-state index contributed by atoms with van der Waals surface area (Å²) in [6.07, 6.45) is -0.00209. The lowest BCUT2D eigenvalue weighted by atomic mass is 10.1. The van der Waals surface area contributed by atoms with E-state index < -0.39 is 17.8 Å². The van der Waals surface area contributed by atoms with Gasteiger partial charge >= 0.3 is 18.2 Å². The van der Waals surface area contributed by atoms with Gasteiger partial charge in [0.15, 0.2) is 0 Å². The molecule has 0 bridgehead atoms. The number of rotatable bonds is 5. The smallest absolute Gasteiger partial charge is 0.410 e. The molecule has 0 unspecified atom stereocenters. The van der Waals surface area contributed by atoms with E-state index in [0.717, 1.165) is 17.7 Å². The molecule has 0 atom stereocenters. The van der Waals surface area contributed by atoms with E-state index in [0.29, 0.717) is 17.1 Å². The monoisotopic (exact) mass is 454 g/mol. The van der Waals surface area contributed by atoms with Crippen LogP contribution in [0.4, 0.5) is 46.7 Å². The highest BCUT2D eigenvalue weighted by atomic mass is 19.4. The SMILES string of the molecule is Cc1ccc(NC(=O)Nc2ccc(C(F)(F)F)cc2)cc1N(c1ccncc1)c1nnco1. The quantitative estimate of drug-likeness (QED) is 0.389. The number of carbonyl (C=O) groups is 1. The number of urea groups is 1. The summed E-state index contributed by atoms with van der Waals surface area (Å²) in [5.74, 6) is 0. The molecular weight excluding hydrogens is 437 g/mol. The van der Waals surface area contributed by atoms with Crippen LogP contribution in [-0.2, 0) is 6.18 Å². The third-order valence-electron chi connectivity index (χ3n) is 4.64. The van der Waals surface area contributed by atoms with Crippen LogP contribution in [0.1, 0.15) is 11.1 Å². The fourth-order valence-corrected chi connectivity index (χ4v) is 3.07. The van der Waals surface area contributed by atoms with Crippen molar-refractivity contribution in [3.8, 4) is 0 Å². The van der Waals surface area contributed by atoms with Crippen molar-refractivity contribution in [3.63, 3.8) is 0 Å². The highest BCUT2D eigenvalue weighted by molar-refractivity contribution is 6.00. The number of aryl methyl sites for hydroxylation is 1. The number of benzene rings is 2. The number of amides is 2. The molecule has 0 aliphatic heterocycles. The summed E-state index contributed by atoms with van der Waals surface area (Å²) in [5, 5.41) is 12.9. The van der Waals surface area contributed by atoms with E-state index in [1.165, 1.54) is 18.5 Å². The molecule has 2 N–H and O–H groups in total. The fraction of sp³-hybridized carbons (Fsp3) is 0.0909. The first kappa shape index (κ1) is 21.8. The van der Waals surface area contributed by atoms with E-state index in [1.54, 1.807) is 47.6 Å². The number of alkyl halides is 3. The van der Waals surface area contributed by atoms with Gasteiger partial charge in [0.25, 0.3) is 0 Å². The molecule has 33 heavy (non-hydrogen) atoms. The van der Waals surface area contributed by atoms with E-state index in [1.807, 2.05) is 6.92 Å². The number of pyridine rings is 1. The highest BCUT2D eigenvalue weighted by Crippen LogP contribution is 2.36. The number of halogens is 3. The summed E-state index contributed by atoms with van der Waals surface area (Å²) < 4.78 is 43.5. The molecule has 8 nitrogen and oxygen atoms in total. The number of anilines is 5. The Morgan fingerprint density at radius 2 is 1.64 bits per heavy atom. The lowest BCUT2D eigenvalue weighted by Gasteiger charge is -2.23. The second kappa shape index (κ2) is 8.99. The first-order valence-electron chi connectivity index (χ1n) is 9.63. The Morgan fingerprint density at radius 3 is 2.27 bits per heavy atom. The number of nitrogens with zero attached hydrogens (tertiary/aromatic N) is 4. The first-order valence-corrected chi connectivity index (χ1v) is 9.63. The van der Waals surface area contributed by atoms with Crippen LogP contribution in [0.25, 0.3) is 0 Å². The van der Waals surface area contributed by atoms with Crippen molar-refractivity contribution in [2.24, 2.45) is 0 Å². The van der Waals surface area contributed by atoms with Crippen molar-refractivity contribution in [3.05, 3.63) is 84.5 Å². The maximum absolute atomic E-state index is 12.7. The molecule has 2 aromatic heterocycles. The van der Waals surface area contributed by atoms with Gasteiger partial charge in [0.05, 0.1) is 16.9 Å². The van der Waals surface area contributed by atoms with Gasteiger partial charge in [-0.25, -0.2) is 4.79 Å². The Morgan fingerprint density at radius 1 is 0.970 bits per heavy atom. The second-order valence-corrected chi connectivity index (χ2v) is 6.92. The molecule has 0 saturated heterocycles. The molecule has 11 heteroatoms. The average molecular weight is 454 g/mol. The van der Waals surface area contributed by atoms with E-state index in [2.05, 4.69) is 25.8 Å². The van der Waals surface area contributed by atoms with E-state index in [-0.39, 0.29) is 11.7 Å². The summed E-state index contributed by atoms with van der Waals surface area (Å²) in [4.78, 5) is 18.2. The van der Waals surface area contributed by atoms with Crippen molar-refractivity contribution in [1.82, 2.24) is 15.2 Å².